The molecule has 0 aliphatic rings. The minimum Gasteiger partial charge on any atom is -0.377 e. The molecule has 0 bridgehead atoms. The fourth-order valence-corrected chi connectivity index (χ4v) is 1.14. The van der Waals surface area contributed by atoms with Crippen LogP contribution in [0, 0.1) is 0 Å². The van der Waals surface area contributed by atoms with Gasteiger partial charge < -0.3 is 10.1 Å². The fraction of sp³-hybridized carbons (Fsp3) is 1.00. The first-order valence-electron chi connectivity index (χ1n) is 5.01. The average Bonchev–Trinajstić information content (AvgIpc) is 1.98. The van der Waals surface area contributed by atoms with Gasteiger partial charge in [0.15, 0.2) is 0 Å². The van der Waals surface area contributed by atoms with E-state index < -0.39 is 0 Å². The molecule has 12 heavy (non-hydrogen) atoms. The molecule has 1 N–H and O–H groups in total. The fourth-order valence-electron chi connectivity index (χ4n) is 1.14. The zero-order chi connectivity index (χ0) is 9.40. The molecule has 0 radical (unpaired) electrons. The van der Waals surface area contributed by atoms with Gasteiger partial charge in [-0.05, 0) is 27.2 Å². The van der Waals surface area contributed by atoms with E-state index in [0.717, 1.165) is 13.2 Å². The molecule has 1 atom stereocenters. The summed E-state index contributed by atoms with van der Waals surface area (Å²) in [4.78, 5) is 0. The van der Waals surface area contributed by atoms with Crippen molar-refractivity contribution in [3.63, 3.8) is 0 Å². The Labute approximate surface area is 76.7 Å². The van der Waals surface area contributed by atoms with E-state index in [1.165, 1.54) is 12.8 Å². The van der Waals surface area contributed by atoms with Crippen molar-refractivity contribution in [2.75, 3.05) is 13.2 Å². The summed E-state index contributed by atoms with van der Waals surface area (Å²) in [5.41, 5.74) is 0. The van der Waals surface area contributed by atoms with Crippen molar-refractivity contribution >= 4 is 0 Å². The smallest absolute Gasteiger partial charge is 0.0594 e. The van der Waals surface area contributed by atoms with Crippen molar-refractivity contribution in [3.8, 4) is 0 Å². The minimum absolute atomic E-state index is 0.355. The van der Waals surface area contributed by atoms with Crippen LogP contribution in [0.4, 0.5) is 0 Å². The Balaban J connectivity index is 3.08. The first-order valence-corrected chi connectivity index (χ1v) is 5.01. The SMILES string of the molecule is CCCC(C)NCCOC(C)C. The van der Waals surface area contributed by atoms with Crippen LogP contribution in [0.2, 0.25) is 0 Å². The Morgan fingerprint density at radius 3 is 2.42 bits per heavy atom. The summed E-state index contributed by atoms with van der Waals surface area (Å²) < 4.78 is 5.41. The van der Waals surface area contributed by atoms with Crippen LogP contribution in [0.1, 0.15) is 40.5 Å². The van der Waals surface area contributed by atoms with Crippen LogP contribution in [0.3, 0.4) is 0 Å². The highest BCUT2D eigenvalue weighted by Crippen LogP contribution is 1.94. The molecule has 0 amide bonds. The zero-order valence-corrected chi connectivity index (χ0v) is 8.89. The van der Waals surface area contributed by atoms with E-state index in [-0.39, 0.29) is 0 Å². The highest BCUT2D eigenvalue weighted by molar-refractivity contribution is 4.58. The van der Waals surface area contributed by atoms with Crippen LogP contribution in [0.15, 0.2) is 0 Å². The normalized spacial score (nSPS) is 13.8. The number of ether oxygens (including phenoxy) is 1. The Hall–Kier alpha value is -0.0800. The van der Waals surface area contributed by atoms with Crippen LogP contribution in [-0.4, -0.2) is 25.3 Å². The third kappa shape index (κ3) is 8.02. The number of rotatable bonds is 7. The van der Waals surface area contributed by atoms with Crippen molar-refractivity contribution in [3.05, 3.63) is 0 Å². The summed E-state index contributed by atoms with van der Waals surface area (Å²) in [7, 11) is 0. The molecule has 0 aromatic carbocycles. The van der Waals surface area contributed by atoms with Gasteiger partial charge in [0.1, 0.15) is 0 Å². The summed E-state index contributed by atoms with van der Waals surface area (Å²) in [6.45, 7) is 10.4. The largest absolute Gasteiger partial charge is 0.377 e. The van der Waals surface area contributed by atoms with Gasteiger partial charge in [0.05, 0.1) is 12.7 Å². The lowest BCUT2D eigenvalue weighted by Gasteiger charge is -2.13. The Kier molecular flexibility index (Phi) is 7.51. The molecule has 0 fully saturated rings. The molecule has 1 unspecified atom stereocenters. The molecule has 74 valence electrons. The van der Waals surface area contributed by atoms with Gasteiger partial charge in [0.2, 0.25) is 0 Å². The highest BCUT2D eigenvalue weighted by Gasteiger charge is 1.98. The van der Waals surface area contributed by atoms with Gasteiger partial charge in [-0.15, -0.1) is 0 Å². The molecule has 0 aliphatic carbocycles. The first-order chi connectivity index (χ1) is 5.66. The van der Waals surface area contributed by atoms with E-state index in [9.17, 15) is 0 Å². The summed E-state index contributed by atoms with van der Waals surface area (Å²) in [5, 5.41) is 3.41. The molecule has 0 aliphatic heterocycles. The third-order valence-corrected chi connectivity index (χ3v) is 1.77. The molecule has 0 heterocycles. The monoisotopic (exact) mass is 173 g/mol. The first kappa shape index (κ1) is 11.9. The van der Waals surface area contributed by atoms with Crippen molar-refractivity contribution in [1.29, 1.82) is 0 Å². The second-order valence-corrected chi connectivity index (χ2v) is 3.56. The number of nitrogens with one attached hydrogen (secondary N) is 1. The molecule has 0 spiro atoms. The maximum absolute atomic E-state index is 5.41. The lowest BCUT2D eigenvalue weighted by Crippen LogP contribution is -2.29. The summed E-state index contributed by atoms with van der Waals surface area (Å²) >= 11 is 0. The predicted octanol–water partition coefficient (Wildman–Crippen LogP) is 2.19. The summed E-state index contributed by atoms with van der Waals surface area (Å²) in [6.07, 6.45) is 2.86. The Morgan fingerprint density at radius 1 is 1.25 bits per heavy atom. The van der Waals surface area contributed by atoms with Gasteiger partial charge in [-0.2, -0.15) is 0 Å². The lowest BCUT2D eigenvalue weighted by atomic mass is 10.2. The van der Waals surface area contributed by atoms with Crippen molar-refractivity contribution in [1.82, 2.24) is 5.32 Å². The van der Waals surface area contributed by atoms with Crippen LogP contribution in [0.5, 0.6) is 0 Å². The van der Waals surface area contributed by atoms with Crippen molar-refractivity contribution in [2.24, 2.45) is 0 Å². The van der Waals surface area contributed by atoms with E-state index in [2.05, 4.69) is 33.0 Å². The molecule has 2 nitrogen and oxygen atoms in total. The zero-order valence-electron chi connectivity index (χ0n) is 8.89. The minimum atomic E-state index is 0.355. The second kappa shape index (κ2) is 7.56. The topological polar surface area (TPSA) is 21.3 Å². The second-order valence-electron chi connectivity index (χ2n) is 3.56. The Morgan fingerprint density at radius 2 is 1.92 bits per heavy atom. The van der Waals surface area contributed by atoms with E-state index in [1.54, 1.807) is 0 Å². The molecule has 0 saturated heterocycles. The van der Waals surface area contributed by atoms with Crippen molar-refractivity contribution < 1.29 is 4.74 Å². The van der Waals surface area contributed by atoms with Crippen LogP contribution in [0.25, 0.3) is 0 Å². The van der Waals surface area contributed by atoms with Gasteiger partial charge >= 0.3 is 0 Å². The van der Waals surface area contributed by atoms with Crippen LogP contribution >= 0.6 is 0 Å². The third-order valence-electron chi connectivity index (χ3n) is 1.77. The quantitative estimate of drug-likeness (QED) is 0.596. The number of hydrogen-bond acceptors (Lipinski definition) is 2. The lowest BCUT2D eigenvalue weighted by molar-refractivity contribution is 0.0794. The number of hydrogen-bond donors (Lipinski definition) is 1. The summed E-state index contributed by atoms with van der Waals surface area (Å²) in [5.74, 6) is 0. The van der Waals surface area contributed by atoms with Gasteiger partial charge in [0, 0.05) is 12.6 Å². The average molecular weight is 173 g/mol. The molecular weight excluding hydrogens is 150 g/mol. The molecular formula is C10H23NO. The maximum Gasteiger partial charge on any atom is 0.0594 e. The van der Waals surface area contributed by atoms with E-state index in [0.29, 0.717) is 12.1 Å². The molecule has 0 saturated carbocycles. The summed E-state index contributed by atoms with van der Waals surface area (Å²) in [6, 6.07) is 0.630. The van der Waals surface area contributed by atoms with E-state index in [4.69, 9.17) is 4.74 Å². The van der Waals surface area contributed by atoms with Gasteiger partial charge in [-0.3, -0.25) is 0 Å². The highest BCUT2D eigenvalue weighted by atomic mass is 16.5. The van der Waals surface area contributed by atoms with Gasteiger partial charge in [0.25, 0.3) is 0 Å². The van der Waals surface area contributed by atoms with E-state index >= 15 is 0 Å². The Bertz CT molecular complexity index is 93.8. The molecule has 0 rings (SSSR count). The standard InChI is InChI=1S/C10H23NO/c1-5-6-10(4)11-7-8-12-9(2)3/h9-11H,5-8H2,1-4H3. The van der Waals surface area contributed by atoms with E-state index in [1.807, 2.05) is 0 Å². The molecule has 0 aromatic heterocycles. The van der Waals surface area contributed by atoms with Crippen LogP contribution in [-0.2, 0) is 4.74 Å². The van der Waals surface area contributed by atoms with Crippen LogP contribution < -0.4 is 5.32 Å². The van der Waals surface area contributed by atoms with Crippen molar-refractivity contribution in [2.45, 2.75) is 52.7 Å². The maximum atomic E-state index is 5.41. The van der Waals surface area contributed by atoms with Gasteiger partial charge in [-0.25, -0.2) is 0 Å². The van der Waals surface area contributed by atoms with Gasteiger partial charge in [-0.1, -0.05) is 13.3 Å². The molecule has 2 heteroatoms. The predicted molar refractivity (Wildman–Crippen MR) is 53.5 cm³/mol. The molecule has 0 aromatic rings.